The molecule has 2 amide bonds. The Balaban J connectivity index is 1.57. The smallest absolute Gasteiger partial charge is 0.251 e. The molecule has 124 valence electrons. The van der Waals surface area contributed by atoms with Gasteiger partial charge in [0.2, 0.25) is 5.91 Å². The molecule has 0 aromatic heterocycles. The number of rotatable bonds is 4. The fraction of sp³-hybridized carbons (Fsp3) is 0.222. The molecule has 1 aliphatic rings. The van der Waals surface area contributed by atoms with Gasteiger partial charge in [-0.1, -0.05) is 27.5 Å². The van der Waals surface area contributed by atoms with Gasteiger partial charge in [0.1, 0.15) is 0 Å². The van der Waals surface area contributed by atoms with Gasteiger partial charge in [-0.05, 0) is 48.5 Å². The number of hydrogen-bond acceptors (Lipinski definition) is 2. The Labute approximate surface area is 153 Å². The van der Waals surface area contributed by atoms with Crippen LogP contribution in [0, 0.1) is 5.92 Å². The third kappa shape index (κ3) is 3.97. The van der Waals surface area contributed by atoms with Crippen LogP contribution in [-0.2, 0) is 4.79 Å². The van der Waals surface area contributed by atoms with Crippen LogP contribution >= 0.6 is 27.5 Å². The summed E-state index contributed by atoms with van der Waals surface area (Å²) in [5.41, 5.74) is 1.45. The lowest BCUT2D eigenvalue weighted by atomic mass is 10.1. The molecule has 6 heteroatoms. The van der Waals surface area contributed by atoms with Gasteiger partial charge in [-0.3, -0.25) is 9.59 Å². The van der Waals surface area contributed by atoms with Crippen LogP contribution < -0.4 is 10.2 Å². The standard InChI is InChI=1S/C18H16BrClN2O2/c19-14-3-1-13(2-4-14)18(24)21-10-12-9-17(23)22(11-12)16-7-5-15(20)6-8-16/h1-8,12H,9-11H2,(H,21,24)/t12-/m1/s1. The van der Waals surface area contributed by atoms with Crippen LogP contribution in [0.4, 0.5) is 5.69 Å². The second-order valence-corrected chi connectivity index (χ2v) is 7.12. The number of nitrogens with zero attached hydrogens (tertiary/aromatic N) is 1. The highest BCUT2D eigenvalue weighted by molar-refractivity contribution is 9.10. The van der Waals surface area contributed by atoms with Crippen molar-refractivity contribution in [2.24, 2.45) is 5.92 Å². The predicted molar refractivity (Wildman–Crippen MR) is 98.4 cm³/mol. The van der Waals surface area contributed by atoms with E-state index in [9.17, 15) is 9.59 Å². The summed E-state index contributed by atoms with van der Waals surface area (Å²) in [6.45, 7) is 1.08. The zero-order valence-corrected chi connectivity index (χ0v) is 15.2. The zero-order chi connectivity index (χ0) is 17.1. The lowest BCUT2D eigenvalue weighted by Crippen LogP contribution is -2.31. The second kappa shape index (κ2) is 7.36. The molecule has 24 heavy (non-hydrogen) atoms. The summed E-state index contributed by atoms with van der Waals surface area (Å²) >= 11 is 9.23. The average molecular weight is 408 g/mol. The number of benzene rings is 2. The Morgan fingerprint density at radius 2 is 1.83 bits per heavy atom. The molecule has 0 radical (unpaired) electrons. The fourth-order valence-electron chi connectivity index (χ4n) is 2.73. The third-order valence-electron chi connectivity index (χ3n) is 4.00. The lowest BCUT2D eigenvalue weighted by Gasteiger charge is -2.17. The van der Waals surface area contributed by atoms with E-state index >= 15 is 0 Å². The summed E-state index contributed by atoms with van der Waals surface area (Å²) in [6.07, 6.45) is 0.434. The minimum Gasteiger partial charge on any atom is -0.352 e. The summed E-state index contributed by atoms with van der Waals surface area (Å²) in [7, 11) is 0. The van der Waals surface area contributed by atoms with Gasteiger partial charge >= 0.3 is 0 Å². The van der Waals surface area contributed by atoms with Crippen LogP contribution in [0.5, 0.6) is 0 Å². The topological polar surface area (TPSA) is 49.4 Å². The Morgan fingerprint density at radius 1 is 1.17 bits per heavy atom. The molecule has 1 saturated heterocycles. The molecule has 1 N–H and O–H groups in total. The summed E-state index contributed by atoms with van der Waals surface area (Å²) in [5, 5.41) is 3.55. The molecular weight excluding hydrogens is 392 g/mol. The molecule has 0 saturated carbocycles. The average Bonchev–Trinajstić information content (AvgIpc) is 2.95. The maximum Gasteiger partial charge on any atom is 0.251 e. The van der Waals surface area contributed by atoms with Crippen LogP contribution in [0.15, 0.2) is 53.0 Å². The van der Waals surface area contributed by atoms with Gasteiger partial charge in [0.25, 0.3) is 5.91 Å². The number of hydrogen-bond donors (Lipinski definition) is 1. The van der Waals surface area contributed by atoms with E-state index in [4.69, 9.17) is 11.6 Å². The number of anilines is 1. The summed E-state index contributed by atoms with van der Waals surface area (Å²) in [4.78, 5) is 26.1. The highest BCUT2D eigenvalue weighted by Crippen LogP contribution is 2.26. The Morgan fingerprint density at radius 3 is 2.50 bits per heavy atom. The molecule has 1 fully saturated rings. The Kier molecular flexibility index (Phi) is 5.21. The minimum atomic E-state index is -0.125. The van der Waals surface area contributed by atoms with E-state index in [-0.39, 0.29) is 17.7 Å². The molecule has 1 aliphatic heterocycles. The highest BCUT2D eigenvalue weighted by Gasteiger charge is 2.30. The van der Waals surface area contributed by atoms with Crippen molar-refractivity contribution in [3.05, 3.63) is 63.6 Å². The van der Waals surface area contributed by atoms with Gasteiger partial charge in [0.15, 0.2) is 0 Å². The van der Waals surface area contributed by atoms with Gasteiger partial charge in [0.05, 0.1) is 0 Å². The molecule has 2 aromatic carbocycles. The monoisotopic (exact) mass is 406 g/mol. The quantitative estimate of drug-likeness (QED) is 0.836. The lowest BCUT2D eigenvalue weighted by molar-refractivity contribution is -0.117. The van der Waals surface area contributed by atoms with E-state index in [1.54, 1.807) is 29.2 Å². The van der Waals surface area contributed by atoms with Crippen molar-refractivity contribution in [3.63, 3.8) is 0 Å². The zero-order valence-electron chi connectivity index (χ0n) is 12.8. The van der Waals surface area contributed by atoms with Crippen molar-refractivity contribution >= 4 is 45.0 Å². The first-order valence-corrected chi connectivity index (χ1v) is 8.80. The third-order valence-corrected chi connectivity index (χ3v) is 4.78. The molecule has 0 spiro atoms. The van der Waals surface area contributed by atoms with Crippen molar-refractivity contribution in [1.29, 1.82) is 0 Å². The van der Waals surface area contributed by atoms with Crippen LogP contribution in [0.25, 0.3) is 0 Å². The van der Waals surface area contributed by atoms with Crippen LogP contribution in [0.2, 0.25) is 5.02 Å². The molecule has 0 unspecified atom stereocenters. The molecular formula is C18H16BrClN2O2. The van der Waals surface area contributed by atoms with Crippen molar-refractivity contribution in [2.75, 3.05) is 18.0 Å². The molecule has 0 bridgehead atoms. The van der Waals surface area contributed by atoms with Gasteiger partial charge in [-0.25, -0.2) is 0 Å². The molecule has 0 aliphatic carbocycles. The van der Waals surface area contributed by atoms with Crippen molar-refractivity contribution < 1.29 is 9.59 Å². The first-order chi connectivity index (χ1) is 11.5. The Hall–Kier alpha value is -1.85. The summed E-state index contributed by atoms with van der Waals surface area (Å²) < 4.78 is 0.930. The molecule has 1 atom stereocenters. The highest BCUT2D eigenvalue weighted by atomic mass is 79.9. The van der Waals surface area contributed by atoms with Gasteiger partial charge in [-0.2, -0.15) is 0 Å². The minimum absolute atomic E-state index is 0.0696. The number of amides is 2. The number of carbonyl (C=O) groups is 2. The van der Waals surface area contributed by atoms with E-state index in [1.807, 2.05) is 24.3 Å². The first-order valence-electron chi connectivity index (χ1n) is 7.62. The van der Waals surface area contributed by atoms with Gasteiger partial charge < -0.3 is 10.2 Å². The maximum atomic E-state index is 12.2. The van der Waals surface area contributed by atoms with Crippen molar-refractivity contribution in [2.45, 2.75) is 6.42 Å². The van der Waals surface area contributed by atoms with Crippen LogP contribution in [0.1, 0.15) is 16.8 Å². The molecule has 2 aromatic rings. The Bertz CT molecular complexity index is 747. The van der Waals surface area contributed by atoms with Crippen LogP contribution in [-0.4, -0.2) is 24.9 Å². The maximum absolute atomic E-state index is 12.2. The van der Waals surface area contributed by atoms with Gasteiger partial charge in [-0.15, -0.1) is 0 Å². The largest absolute Gasteiger partial charge is 0.352 e. The first kappa shape index (κ1) is 17.0. The van der Waals surface area contributed by atoms with E-state index in [2.05, 4.69) is 21.2 Å². The number of halogens is 2. The van der Waals surface area contributed by atoms with Crippen molar-refractivity contribution in [3.8, 4) is 0 Å². The van der Waals surface area contributed by atoms with E-state index in [1.165, 1.54) is 0 Å². The van der Waals surface area contributed by atoms with E-state index in [0.29, 0.717) is 30.1 Å². The summed E-state index contributed by atoms with van der Waals surface area (Å²) in [6, 6.07) is 14.4. The van der Waals surface area contributed by atoms with E-state index in [0.717, 1.165) is 10.2 Å². The van der Waals surface area contributed by atoms with Gasteiger partial charge in [0, 0.05) is 46.2 Å². The van der Waals surface area contributed by atoms with E-state index < -0.39 is 0 Å². The SMILES string of the molecule is O=C(NC[C@H]1CC(=O)N(c2ccc(Cl)cc2)C1)c1ccc(Br)cc1. The normalized spacial score (nSPS) is 17.2. The molecule has 3 rings (SSSR count). The van der Waals surface area contributed by atoms with Crippen LogP contribution in [0.3, 0.4) is 0 Å². The second-order valence-electron chi connectivity index (χ2n) is 5.77. The predicted octanol–water partition coefficient (Wildman–Crippen LogP) is 3.89. The number of nitrogens with one attached hydrogen (secondary N) is 1. The molecule has 4 nitrogen and oxygen atoms in total. The summed E-state index contributed by atoms with van der Waals surface area (Å²) in [5.74, 6) is 0.0488. The molecule has 1 heterocycles. The van der Waals surface area contributed by atoms with Crippen molar-refractivity contribution in [1.82, 2.24) is 5.32 Å². The fourth-order valence-corrected chi connectivity index (χ4v) is 3.12. The number of carbonyl (C=O) groups excluding carboxylic acids is 2.